The van der Waals surface area contributed by atoms with Gasteiger partial charge >= 0.3 is 0 Å². The summed E-state index contributed by atoms with van der Waals surface area (Å²) in [6, 6.07) is 14.8. The van der Waals surface area contributed by atoms with E-state index < -0.39 is 11.2 Å². The summed E-state index contributed by atoms with van der Waals surface area (Å²) in [5, 5.41) is 31.7. The second-order valence-electron chi connectivity index (χ2n) is 9.40. The number of nitrogens with zero attached hydrogens (tertiary/aromatic N) is 2. The van der Waals surface area contributed by atoms with Crippen LogP contribution in [0.15, 0.2) is 63.8 Å². The van der Waals surface area contributed by atoms with Crippen LogP contribution in [-0.4, -0.2) is 20.5 Å². The lowest BCUT2D eigenvalue weighted by atomic mass is 9.83. The minimum Gasteiger partial charge on any atom is -0.398 e. The summed E-state index contributed by atoms with van der Waals surface area (Å²) < 4.78 is 10.9. The van der Waals surface area contributed by atoms with Gasteiger partial charge in [-0.2, -0.15) is 0 Å². The van der Waals surface area contributed by atoms with Crippen LogP contribution in [0.25, 0.3) is 33.2 Å². The standard InChI is InChI=1S/C26H26N4O4/c1-25(2,31)19-11-22-17(13-29-33-22)16(23(19)28)12-26(3,32)18-10-21-15(9-20(18)27)24(30-34-21)14-7-5-4-6-8-14/h4-11,13,31-32H,12,27-28H2,1-3H3. The van der Waals surface area contributed by atoms with Crippen molar-refractivity contribution in [1.82, 2.24) is 10.3 Å². The number of nitrogen functional groups attached to an aromatic ring is 2. The van der Waals surface area contributed by atoms with E-state index in [1.807, 2.05) is 30.3 Å². The summed E-state index contributed by atoms with van der Waals surface area (Å²) >= 11 is 0. The summed E-state index contributed by atoms with van der Waals surface area (Å²) in [6.45, 7) is 4.94. The maximum absolute atomic E-state index is 11.6. The molecule has 6 N–H and O–H groups in total. The number of aliphatic hydroxyl groups is 2. The van der Waals surface area contributed by atoms with Crippen molar-refractivity contribution >= 4 is 33.3 Å². The molecule has 34 heavy (non-hydrogen) atoms. The predicted molar refractivity (Wildman–Crippen MR) is 131 cm³/mol. The zero-order chi connectivity index (χ0) is 24.3. The Morgan fingerprint density at radius 3 is 2.26 bits per heavy atom. The van der Waals surface area contributed by atoms with Gasteiger partial charge in [-0.3, -0.25) is 0 Å². The van der Waals surface area contributed by atoms with Crippen LogP contribution in [0, 0.1) is 0 Å². The first kappa shape index (κ1) is 21.9. The third-order valence-electron chi connectivity index (χ3n) is 6.26. The SMILES string of the molecule is CC(C)(O)c1cc2oncc2c(CC(C)(O)c2cc3onc(-c4ccccc4)c3cc2N)c1N. The van der Waals surface area contributed by atoms with Crippen LogP contribution >= 0.6 is 0 Å². The highest BCUT2D eigenvalue weighted by atomic mass is 16.5. The third-order valence-corrected chi connectivity index (χ3v) is 6.26. The van der Waals surface area contributed by atoms with E-state index in [0.717, 1.165) is 10.9 Å². The van der Waals surface area contributed by atoms with Gasteiger partial charge in [0.05, 0.1) is 22.8 Å². The molecular formula is C26H26N4O4. The summed E-state index contributed by atoms with van der Waals surface area (Å²) in [4.78, 5) is 0. The van der Waals surface area contributed by atoms with Crippen LogP contribution in [0.4, 0.5) is 11.4 Å². The second kappa shape index (κ2) is 7.58. The number of hydrogen-bond donors (Lipinski definition) is 4. The van der Waals surface area contributed by atoms with E-state index in [0.29, 0.717) is 50.3 Å². The number of nitrogens with two attached hydrogens (primary N) is 2. The minimum absolute atomic E-state index is 0.107. The van der Waals surface area contributed by atoms with Gasteiger partial charge in [0.25, 0.3) is 0 Å². The number of aromatic nitrogens is 2. The van der Waals surface area contributed by atoms with Crippen molar-refractivity contribution in [2.45, 2.75) is 38.4 Å². The van der Waals surface area contributed by atoms with Gasteiger partial charge in [0.15, 0.2) is 11.2 Å². The molecule has 0 spiro atoms. The zero-order valence-electron chi connectivity index (χ0n) is 19.2. The molecule has 2 aromatic heterocycles. The second-order valence-corrected chi connectivity index (χ2v) is 9.40. The predicted octanol–water partition coefficient (Wildman–Crippen LogP) is 4.48. The molecule has 1 atom stereocenters. The van der Waals surface area contributed by atoms with Gasteiger partial charge in [-0.15, -0.1) is 0 Å². The molecule has 0 amide bonds. The Morgan fingerprint density at radius 1 is 0.882 bits per heavy atom. The highest BCUT2D eigenvalue weighted by molar-refractivity contribution is 5.94. The average molecular weight is 459 g/mol. The van der Waals surface area contributed by atoms with Crippen molar-refractivity contribution in [2.24, 2.45) is 0 Å². The van der Waals surface area contributed by atoms with E-state index in [4.69, 9.17) is 20.5 Å². The van der Waals surface area contributed by atoms with E-state index in [2.05, 4.69) is 10.3 Å². The van der Waals surface area contributed by atoms with Crippen LogP contribution in [0.3, 0.4) is 0 Å². The van der Waals surface area contributed by atoms with Crippen LogP contribution < -0.4 is 11.5 Å². The summed E-state index contributed by atoms with van der Waals surface area (Å²) in [5.41, 5.74) is 15.2. The smallest absolute Gasteiger partial charge is 0.168 e. The van der Waals surface area contributed by atoms with Crippen LogP contribution in [-0.2, 0) is 17.6 Å². The van der Waals surface area contributed by atoms with Gasteiger partial charge in [0.2, 0.25) is 0 Å². The van der Waals surface area contributed by atoms with Crippen LogP contribution in [0.1, 0.15) is 37.5 Å². The summed E-state index contributed by atoms with van der Waals surface area (Å²) in [7, 11) is 0. The number of anilines is 2. The van der Waals surface area contributed by atoms with Crippen molar-refractivity contribution in [2.75, 3.05) is 11.5 Å². The molecule has 0 aliphatic carbocycles. The normalized spacial score (nSPS) is 14.0. The Hall–Kier alpha value is -3.88. The van der Waals surface area contributed by atoms with Gasteiger partial charge in [-0.05, 0) is 44.5 Å². The molecule has 0 saturated heterocycles. The highest BCUT2D eigenvalue weighted by Crippen LogP contribution is 2.41. The van der Waals surface area contributed by atoms with Crippen molar-refractivity contribution < 1.29 is 19.3 Å². The molecule has 0 fully saturated rings. The Labute approximate surface area is 195 Å². The minimum atomic E-state index is -1.42. The van der Waals surface area contributed by atoms with E-state index in [9.17, 15) is 10.2 Å². The third kappa shape index (κ3) is 3.57. The fourth-order valence-electron chi connectivity index (χ4n) is 4.50. The van der Waals surface area contributed by atoms with Gasteiger partial charge < -0.3 is 30.7 Å². The van der Waals surface area contributed by atoms with Gasteiger partial charge in [-0.25, -0.2) is 0 Å². The maximum Gasteiger partial charge on any atom is 0.168 e. The molecule has 0 bridgehead atoms. The Bertz CT molecular complexity index is 1510. The quantitative estimate of drug-likeness (QED) is 0.282. The van der Waals surface area contributed by atoms with Gasteiger partial charge in [0, 0.05) is 39.9 Å². The Kier molecular flexibility index (Phi) is 4.89. The lowest BCUT2D eigenvalue weighted by molar-refractivity contribution is 0.0583. The first-order valence-electron chi connectivity index (χ1n) is 10.9. The van der Waals surface area contributed by atoms with E-state index in [-0.39, 0.29) is 6.42 Å². The molecule has 2 heterocycles. The van der Waals surface area contributed by atoms with E-state index in [1.165, 1.54) is 0 Å². The van der Waals surface area contributed by atoms with Crippen molar-refractivity contribution in [1.29, 1.82) is 0 Å². The number of rotatable bonds is 5. The molecule has 0 aliphatic heterocycles. The molecule has 1 unspecified atom stereocenters. The van der Waals surface area contributed by atoms with Crippen molar-refractivity contribution in [3.05, 3.63) is 71.4 Å². The van der Waals surface area contributed by atoms with Crippen molar-refractivity contribution in [3.63, 3.8) is 0 Å². The van der Waals surface area contributed by atoms with Gasteiger partial charge in [-0.1, -0.05) is 40.6 Å². The molecule has 0 aliphatic rings. The first-order chi connectivity index (χ1) is 16.1. The highest BCUT2D eigenvalue weighted by Gasteiger charge is 2.32. The fraction of sp³-hybridized carbons (Fsp3) is 0.231. The molecule has 5 rings (SSSR count). The van der Waals surface area contributed by atoms with Crippen LogP contribution in [0.2, 0.25) is 0 Å². The zero-order valence-corrected chi connectivity index (χ0v) is 19.2. The van der Waals surface area contributed by atoms with Crippen LogP contribution in [0.5, 0.6) is 0 Å². The molecule has 5 aromatic rings. The number of hydrogen-bond acceptors (Lipinski definition) is 8. The lowest BCUT2D eigenvalue weighted by Gasteiger charge is -2.28. The summed E-state index contributed by atoms with van der Waals surface area (Å²) in [6.07, 6.45) is 1.66. The molecule has 8 nitrogen and oxygen atoms in total. The van der Waals surface area contributed by atoms with Gasteiger partial charge in [0.1, 0.15) is 5.69 Å². The van der Waals surface area contributed by atoms with E-state index >= 15 is 0 Å². The number of benzene rings is 3. The average Bonchev–Trinajstić information content (AvgIpc) is 3.41. The summed E-state index contributed by atoms with van der Waals surface area (Å²) in [5.74, 6) is 0. The topological polar surface area (TPSA) is 145 Å². The molecule has 174 valence electrons. The molecule has 0 radical (unpaired) electrons. The molecule has 3 aromatic carbocycles. The maximum atomic E-state index is 11.6. The molecule has 8 heteroatoms. The Morgan fingerprint density at radius 2 is 1.56 bits per heavy atom. The molecule has 0 saturated carbocycles. The lowest BCUT2D eigenvalue weighted by Crippen LogP contribution is -2.27. The molecular weight excluding hydrogens is 432 g/mol. The van der Waals surface area contributed by atoms with E-state index in [1.54, 1.807) is 45.2 Å². The number of fused-ring (bicyclic) bond motifs is 2. The monoisotopic (exact) mass is 458 g/mol. The fourth-order valence-corrected chi connectivity index (χ4v) is 4.50. The van der Waals surface area contributed by atoms with Crippen molar-refractivity contribution in [3.8, 4) is 11.3 Å². The Balaban J connectivity index is 1.61. The largest absolute Gasteiger partial charge is 0.398 e. The first-order valence-corrected chi connectivity index (χ1v) is 10.9.